The van der Waals surface area contributed by atoms with Crippen molar-refractivity contribution in [3.8, 4) is 0 Å². The summed E-state index contributed by atoms with van der Waals surface area (Å²) in [5.41, 5.74) is 8.60. The van der Waals surface area contributed by atoms with Gasteiger partial charge in [-0.15, -0.1) is 0 Å². The molecule has 1 aliphatic carbocycles. The van der Waals surface area contributed by atoms with Gasteiger partial charge in [0.05, 0.1) is 0 Å². The first-order chi connectivity index (χ1) is 9.50. The van der Waals surface area contributed by atoms with Crippen LogP contribution in [0.3, 0.4) is 0 Å². The number of likely N-dealkylation sites (tertiary alicyclic amines) is 1. The Morgan fingerprint density at radius 1 is 1.15 bits per heavy atom. The van der Waals surface area contributed by atoms with Gasteiger partial charge in [0.1, 0.15) is 0 Å². The highest BCUT2D eigenvalue weighted by atomic mass is 15.2. The van der Waals surface area contributed by atoms with Crippen LogP contribution in [0.1, 0.15) is 45.6 Å². The normalized spacial score (nSPS) is 33.0. The molecule has 1 aromatic rings. The van der Waals surface area contributed by atoms with Gasteiger partial charge in [0.2, 0.25) is 0 Å². The van der Waals surface area contributed by atoms with E-state index in [0.717, 1.165) is 23.6 Å². The predicted octanol–water partition coefficient (Wildman–Crippen LogP) is 3.67. The maximum Gasteiger partial charge on any atom is 0.0314 e. The van der Waals surface area contributed by atoms with Gasteiger partial charge in [-0.3, -0.25) is 4.90 Å². The summed E-state index contributed by atoms with van der Waals surface area (Å²) in [5, 5.41) is 0. The minimum absolute atomic E-state index is 0.415. The van der Waals surface area contributed by atoms with Crippen LogP contribution in [-0.4, -0.2) is 24.0 Å². The molecule has 1 saturated carbocycles. The van der Waals surface area contributed by atoms with E-state index in [-0.39, 0.29) is 0 Å². The van der Waals surface area contributed by atoms with Crippen molar-refractivity contribution in [1.29, 1.82) is 0 Å². The Morgan fingerprint density at radius 3 is 2.40 bits per heavy atom. The molecule has 2 nitrogen and oxygen atoms in total. The molecule has 1 saturated heterocycles. The van der Waals surface area contributed by atoms with E-state index in [1.807, 2.05) is 0 Å². The van der Waals surface area contributed by atoms with E-state index in [4.69, 9.17) is 5.73 Å². The molecule has 1 heterocycles. The largest absolute Gasteiger partial charge is 0.399 e. The molecule has 2 aliphatic rings. The molecule has 0 radical (unpaired) electrons. The topological polar surface area (TPSA) is 29.3 Å². The molecule has 110 valence electrons. The summed E-state index contributed by atoms with van der Waals surface area (Å²) in [4.78, 5) is 2.74. The molecule has 3 unspecified atom stereocenters. The van der Waals surface area contributed by atoms with E-state index in [0.29, 0.717) is 5.41 Å². The van der Waals surface area contributed by atoms with Crippen LogP contribution in [0.25, 0.3) is 0 Å². The first-order valence-corrected chi connectivity index (χ1v) is 8.10. The fraction of sp³-hybridized carbons (Fsp3) is 0.667. The Kier molecular flexibility index (Phi) is 3.53. The molecule has 1 aliphatic heterocycles. The molecule has 0 bridgehead atoms. The Morgan fingerprint density at radius 2 is 1.80 bits per heavy atom. The van der Waals surface area contributed by atoms with Crippen molar-refractivity contribution in [2.24, 2.45) is 11.8 Å². The third-order valence-corrected chi connectivity index (χ3v) is 5.60. The molecule has 0 aromatic heterocycles. The zero-order valence-electron chi connectivity index (χ0n) is 13.1. The number of piperidine rings is 1. The summed E-state index contributed by atoms with van der Waals surface area (Å²) < 4.78 is 0. The number of hydrogen-bond acceptors (Lipinski definition) is 2. The SMILES string of the molecule is CC1CC(C)C(C)N(CC2(c3ccc(N)cc3)CC2)C1. The first-order valence-electron chi connectivity index (χ1n) is 8.10. The van der Waals surface area contributed by atoms with Gasteiger partial charge in [0.15, 0.2) is 0 Å². The fourth-order valence-electron chi connectivity index (χ4n) is 3.96. The van der Waals surface area contributed by atoms with Crippen molar-refractivity contribution in [1.82, 2.24) is 4.90 Å². The molecular weight excluding hydrogens is 244 g/mol. The zero-order valence-corrected chi connectivity index (χ0v) is 13.1. The van der Waals surface area contributed by atoms with Crippen LogP contribution in [0.2, 0.25) is 0 Å². The molecule has 20 heavy (non-hydrogen) atoms. The number of hydrogen-bond donors (Lipinski definition) is 1. The summed E-state index contributed by atoms with van der Waals surface area (Å²) in [7, 11) is 0. The first kappa shape index (κ1) is 13.9. The van der Waals surface area contributed by atoms with Crippen LogP contribution in [0, 0.1) is 11.8 Å². The predicted molar refractivity (Wildman–Crippen MR) is 85.7 cm³/mol. The van der Waals surface area contributed by atoms with Crippen molar-refractivity contribution >= 4 is 5.69 Å². The maximum atomic E-state index is 5.82. The molecule has 0 amide bonds. The van der Waals surface area contributed by atoms with Gasteiger partial charge in [-0.1, -0.05) is 26.0 Å². The third-order valence-electron chi connectivity index (χ3n) is 5.60. The lowest BCUT2D eigenvalue weighted by molar-refractivity contribution is 0.0707. The summed E-state index contributed by atoms with van der Waals surface area (Å²) in [6.07, 6.45) is 4.05. The lowest BCUT2D eigenvalue weighted by Gasteiger charge is -2.43. The molecule has 3 rings (SSSR count). The second kappa shape index (κ2) is 5.07. The molecule has 2 fully saturated rings. The van der Waals surface area contributed by atoms with Crippen LogP contribution in [0.15, 0.2) is 24.3 Å². The van der Waals surface area contributed by atoms with E-state index in [1.165, 1.54) is 37.9 Å². The number of benzene rings is 1. The smallest absolute Gasteiger partial charge is 0.0314 e. The lowest BCUT2D eigenvalue weighted by atomic mass is 9.84. The van der Waals surface area contributed by atoms with Crippen LogP contribution in [-0.2, 0) is 5.41 Å². The Labute approximate surface area is 123 Å². The van der Waals surface area contributed by atoms with Crippen LogP contribution in [0.4, 0.5) is 5.69 Å². The van der Waals surface area contributed by atoms with Gasteiger partial charge in [-0.25, -0.2) is 0 Å². The van der Waals surface area contributed by atoms with Gasteiger partial charge in [-0.2, -0.15) is 0 Å². The van der Waals surface area contributed by atoms with Gasteiger partial charge in [-0.05, 0) is 55.7 Å². The molecular formula is C18H28N2. The minimum Gasteiger partial charge on any atom is -0.399 e. The second-order valence-corrected chi connectivity index (χ2v) is 7.39. The summed E-state index contributed by atoms with van der Waals surface area (Å²) in [6, 6.07) is 9.31. The number of nitrogens with two attached hydrogens (primary N) is 1. The number of nitrogen functional groups attached to an aromatic ring is 1. The average Bonchev–Trinajstić information content (AvgIpc) is 3.17. The Bertz CT molecular complexity index is 461. The van der Waals surface area contributed by atoms with E-state index in [9.17, 15) is 0 Å². The minimum atomic E-state index is 0.415. The Balaban J connectivity index is 1.74. The van der Waals surface area contributed by atoms with Crippen molar-refractivity contribution in [2.75, 3.05) is 18.8 Å². The quantitative estimate of drug-likeness (QED) is 0.851. The maximum absolute atomic E-state index is 5.82. The van der Waals surface area contributed by atoms with E-state index >= 15 is 0 Å². The van der Waals surface area contributed by atoms with Crippen molar-refractivity contribution in [3.05, 3.63) is 29.8 Å². The van der Waals surface area contributed by atoms with Crippen molar-refractivity contribution < 1.29 is 0 Å². The molecule has 1 aromatic carbocycles. The monoisotopic (exact) mass is 272 g/mol. The fourth-order valence-corrected chi connectivity index (χ4v) is 3.96. The number of nitrogens with zero attached hydrogens (tertiary/aromatic N) is 1. The van der Waals surface area contributed by atoms with Crippen molar-refractivity contribution in [3.63, 3.8) is 0 Å². The molecule has 3 atom stereocenters. The van der Waals surface area contributed by atoms with Gasteiger partial charge in [0.25, 0.3) is 0 Å². The van der Waals surface area contributed by atoms with Crippen LogP contribution in [0.5, 0.6) is 0 Å². The highest BCUT2D eigenvalue weighted by Crippen LogP contribution is 2.49. The summed E-state index contributed by atoms with van der Waals surface area (Å²) in [5.74, 6) is 1.66. The van der Waals surface area contributed by atoms with Gasteiger partial charge >= 0.3 is 0 Å². The van der Waals surface area contributed by atoms with E-state index < -0.39 is 0 Å². The zero-order chi connectivity index (χ0) is 14.3. The number of anilines is 1. The molecule has 2 heteroatoms. The number of rotatable bonds is 3. The highest BCUT2D eigenvalue weighted by Gasteiger charge is 2.46. The third kappa shape index (κ3) is 2.58. The summed E-state index contributed by atoms with van der Waals surface area (Å²) >= 11 is 0. The van der Waals surface area contributed by atoms with E-state index in [2.05, 4.69) is 49.9 Å². The van der Waals surface area contributed by atoms with Crippen LogP contribution < -0.4 is 5.73 Å². The molecule has 0 spiro atoms. The lowest BCUT2D eigenvalue weighted by Crippen LogP contribution is -2.48. The van der Waals surface area contributed by atoms with Gasteiger partial charge < -0.3 is 5.73 Å². The highest BCUT2D eigenvalue weighted by molar-refractivity contribution is 5.43. The summed E-state index contributed by atoms with van der Waals surface area (Å²) in [6.45, 7) is 9.72. The van der Waals surface area contributed by atoms with Crippen LogP contribution >= 0.6 is 0 Å². The van der Waals surface area contributed by atoms with Crippen molar-refractivity contribution in [2.45, 2.75) is 51.5 Å². The average molecular weight is 272 g/mol. The molecule has 2 N–H and O–H groups in total. The standard InChI is InChI=1S/C18H28N2/c1-13-10-14(2)15(3)20(11-13)12-18(8-9-18)16-4-6-17(19)7-5-16/h4-7,13-15H,8-12,19H2,1-3H3. The van der Waals surface area contributed by atoms with Gasteiger partial charge in [0, 0.05) is 30.2 Å². The van der Waals surface area contributed by atoms with E-state index in [1.54, 1.807) is 0 Å². The second-order valence-electron chi connectivity index (χ2n) is 7.39. The Hall–Kier alpha value is -1.02.